The first-order chi connectivity index (χ1) is 9.67. The maximum absolute atomic E-state index is 11.7. The van der Waals surface area contributed by atoms with Crippen molar-refractivity contribution in [2.45, 2.75) is 33.2 Å². The van der Waals surface area contributed by atoms with Gasteiger partial charge in [-0.3, -0.25) is 9.69 Å². The fourth-order valence-electron chi connectivity index (χ4n) is 1.88. The van der Waals surface area contributed by atoms with Crippen molar-refractivity contribution in [1.82, 2.24) is 15.2 Å². The summed E-state index contributed by atoms with van der Waals surface area (Å²) in [5, 5.41) is 6.20. The molecule has 5 nitrogen and oxygen atoms in total. The molecule has 0 aliphatic rings. The molecule has 1 rings (SSSR count). The van der Waals surface area contributed by atoms with E-state index >= 15 is 0 Å². The lowest BCUT2D eigenvalue weighted by atomic mass is 10.2. The van der Waals surface area contributed by atoms with E-state index in [1.165, 1.54) is 0 Å². The van der Waals surface area contributed by atoms with Crippen molar-refractivity contribution in [3.63, 3.8) is 0 Å². The molecule has 0 atom stereocenters. The van der Waals surface area contributed by atoms with Crippen LogP contribution in [0.1, 0.15) is 32.3 Å². The van der Waals surface area contributed by atoms with Crippen molar-refractivity contribution in [2.24, 2.45) is 0 Å². The molecule has 0 saturated carbocycles. The zero-order valence-corrected chi connectivity index (χ0v) is 12.8. The van der Waals surface area contributed by atoms with Crippen molar-refractivity contribution < 1.29 is 4.79 Å². The van der Waals surface area contributed by atoms with Crippen molar-refractivity contribution in [1.29, 1.82) is 0 Å². The van der Waals surface area contributed by atoms with Gasteiger partial charge in [0.2, 0.25) is 5.91 Å². The molecule has 0 spiro atoms. The summed E-state index contributed by atoms with van der Waals surface area (Å²) >= 11 is 0. The van der Waals surface area contributed by atoms with Gasteiger partial charge < -0.3 is 10.6 Å². The van der Waals surface area contributed by atoms with Gasteiger partial charge in [-0.25, -0.2) is 4.98 Å². The second-order valence-corrected chi connectivity index (χ2v) is 4.96. The van der Waals surface area contributed by atoms with Crippen molar-refractivity contribution in [2.75, 3.05) is 32.0 Å². The monoisotopic (exact) mass is 278 g/mol. The zero-order chi connectivity index (χ0) is 14.8. The van der Waals surface area contributed by atoms with E-state index < -0.39 is 0 Å². The summed E-state index contributed by atoms with van der Waals surface area (Å²) in [7, 11) is 1.95. The third-order valence-corrected chi connectivity index (χ3v) is 2.86. The number of hydrogen-bond acceptors (Lipinski definition) is 4. The van der Waals surface area contributed by atoms with E-state index in [0.29, 0.717) is 13.1 Å². The van der Waals surface area contributed by atoms with Gasteiger partial charge in [0.05, 0.1) is 6.54 Å². The highest BCUT2D eigenvalue weighted by molar-refractivity contribution is 5.77. The normalized spacial score (nSPS) is 10.6. The largest absolute Gasteiger partial charge is 0.370 e. The molecule has 0 fully saturated rings. The number of nitrogens with one attached hydrogen (secondary N) is 2. The van der Waals surface area contributed by atoms with Crippen LogP contribution in [0.2, 0.25) is 0 Å². The summed E-state index contributed by atoms with van der Waals surface area (Å²) < 4.78 is 0. The van der Waals surface area contributed by atoms with E-state index in [9.17, 15) is 4.79 Å². The Labute approximate surface area is 121 Å². The summed E-state index contributed by atoms with van der Waals surface area (Å²) in [6.07, 6.45) is 3.81. The highest BCUT2D eigenvalue weighted by Crippen LogP contribution is 2.13. The maximum Gasteiger partial charge on any atom is 0.234 e. The number of anilines is 1. The first-order valence-corrected chi connectivity index (χ1v) is 7.30. The van der Waals surface area contributed by atoms with Gasteiger partial charge in [0.25, 0.3) is 0 Å². The summed E-state index contributed by atoms with van der Waals surface area (Å²) in [5.74, 6) is 0.983. The molecular weight excluding hydrogens is 252 g/mol. The summed E-state index contributed by atoms with van der Waals surface area (Å²) in [4.78, 5) is 18.0. The van der Waals surface area contributed by atoms with E-state index in [-0.39, 0.29) is 5.91 Å². The summed E-state index contributed by atoms with van der Waals surface area (Å²) in [6.45, 7) is 6.93. The standard InChI is InChI=1S/C15H26N4O/c1-4-8-16-14(20)12-19(3)11-13-7-6-10-18-15(13)17-9-5-2/h6-7,10H,4-5,8-9,11-12H2,1-3H3,(H,16,20)(H,17,18). The first-order valence-electron chi connectivity index (χ1n) is 7.30. The van der Waals surface area contributed by atoms with E-state index in [0.717, 1.165) is 37.3 Å². The van der Waals surface area contributed by atoms with Gasteiger partial charge in [0.15, 0.2) is 0 Å². The van der Waals surface area contributed by atoms with Crippen molar-refractivity contribution >= 4 is 11.7 Å². The average molecular weight is 278 g/mol. The molecule has 0 radical (unpaired) electrons. The topological polar surface area (TPSA) is 57.3 Å². The number of likely N-dealkylation sites (N-methyl/N-ethyl adjacent to an activating group) is 1. The van der Waals surface area contributed by atoms with Crippen LogP contribution in [-0.2, 0) is 11.3 Å². The zero-order valence-electron chi connectivity index (χ0n) is 12.8. The number of nitrogens with zero attached hydrogens (tertiary/aromatic N) is 2. The maximum atomic E-state index is 11.7. The van der Waals surface area contributed by atoms with Gasteiger partial charge in [-0.05, 0) is 26.0 Å². The van der Waals surface area contributed by atoms with Gasteiger partial charge in [0, 0.05) is 31.4 Å². The highest BCUT2D eigenvalue weighted by Gasteiger charge is 2.09. The molecule has 0 aromatic carbocycles. The minimum absolute atomic E-state index is 0.0707. The van der Waals surface area contributed by atoms with Crippen LogP contribution in [-0.4, -0.2) is 42.5 Å². The Balaban J connectivity index is 2.52. The molecule has 5 heteroatoms. The first kappa shape index (κ1) is 16.4. The second-order valence-electron chi connectivity index (χ2n) is 4.96. The third kappa shape index (κ3) is 6.02. The molecule has 1 heterocycles. The van der Waals surface area contributed by atoms with Gasteiger partial charge in [-0.15, -0.1) is 0 Å². The SMILES string of the molecule is CCCNC(=O)CN(C)Cc1cccnc1NCCC. The Hall–Kier alpha value is -1.62. The number of aromatic nitrogens is 1. The van der Waals surface area contributed by atoms with Crippen LogP contribution in [0.15, 0.2) is 18.3 Å². The number of carbonyl (C=O) groups is 1. The molecule has 0 bridgehead atoms. The fraction of sp³-hybridized carbons (Fsp3) is 0.600. The van der Waals surface area contributed by atoms with Crippen LogP contribution in [0.3, 0.4) is 0 Å². The van der Waals surface area contributed by atoms with E-state index in [2.05, 4.69) is 22.5 Å². The predicted octanol–water partition coefficient (Wildman–Crippen LogP) is 1.86. The Morgan fingerprint density at radius 2 is 2.05 bits per heavy atom. The molecule has 1 aromatic rings. The van der Waals surface area contributed by atoms with E-state index in [1.54, 1.807) is 6.20 Å². The molecule has 0 aliphatic carbocycles. The Morgan fingerprint density at radius 3 is 2.75 bits per heavy atom. The lowest BCUT2D eigenvalue weighted by Gasteiger charge is -2.18. The summed E-state index contributed by atoms with van der Waals surface area (Å²) in [6, 6.07) is 3.98. The molecule has 1 amide bonds. The van der Waals surface area contributed by atoms with Gasteiger partial charge in [-0.1, -0.05) is 19.9 Å². The molecule has 0 saturated heterocycles. The minimum atomic E-state index is 0.0707. The van der Waals surface area contributed by atoms with Crippen LogP contribution in [0.25, 0.3) is 0 Å². The van der Waals surface area contributed by atoms with Crippen LogP contribution >= 0.6 is 0 Å². The Kier molecular flexibility index (Phi) is 7.65. The Morgan fingerprint density at radius 1 is 1.30 bits per heavy atom. The highest BCUT2D eigenvalue weighted by atomic mass is 16.2. The number of amides is 1. The van der Waals surface area contributed by atoms with Gasteiger partial charge in [-0.2, -0.15) is 0 Å². The van der Waals surface area contributed by atoms with Gasteiger partial charge >= 0.3 is 0 Å². The molecular formula is C15H26N4O. The van der Waals surface area contributed by atoms with E-state index in [1.807, 2.05) is 31.0 Å². The van der Waals surface area contributed by atoms with E-state index in [4.69, 9.17) is 0 Å². The smallest absolute Gasteiger partial charge is 0.234 e. The molecule has 0 unspecified atom stereocenters. The summed E-state index contributed by atoms with van der Waals surface area (Å²) in [5.41, 5.74) is 1.12. The molecule has 112 valence electrons. The number of hydrogen-bond donors (Lipinski definition) is 2. The number of carbonyl (C=O) groups excluding carboxylic acids is 1. The number of pyridine rings is 1. The Bertz CT molecular complexity index is 409. The van der Waals surface area contributed by atoms with Crippen LogP contribution in [0.5, 0.6) is 0 Å². The van der Waals surface area contributed by atoms with Gasteiger partial charge in [0.1, 0.15) is 5.82 Å². The average Bonchev–Trinajstić information content (AvgIpc) is 2.44. The minimum Gasteiger partial charge on any atom is -0.370 e. The molecule has 2 N–H and O–H groups in total. The lowest BCUT2D eigenvalue weighted by Crippen LogP contribution is -2.35. The molecule has 20 heavy (non-hydrogen) atoms. The second kappa shape index (κ2) is 9.31. The fourth-order valence-corrected chi connectivity index (χ4v) is 1.88. The molecule has 0 aliphatic heterocycles. The van der Waals surface area contributed by atoms with Crippen molar-refractivity contribution in [3.8, 4) is 0 Å². The van der Waals surface area contributed by atoms with Crippen LogP contribution in [0, 0.1) is 0 Å². The number of rotatable bonds is 9. The molecule has 1 aromatic heterocycles. The predicted molar refractivity (Wildman–Crippen MR) is 82.7 cm³/mol. The lowest BCUT2D eigenvalue weighted by molar-refractivity contribution is -0.122. The quantitative estimate of drug-likeness (QED) is 0.724. The van der Waals surface area contributed by atoms with Crippen LogP contribution < -0.4 is 10.6 Å². The van der Waals surface area contributed by atoms with Crippen LogP contribution in [0.4, 0.5) is 5.82 Å². The van der Waals surface area contributed by atoms with Crippen molar-refractivity contribution in [3.05, 3.63) is 23.9 Å². The third-order valence-electron chi connectivity index (χ3n) is 2.86.